The Hall–Kier alpha value is -0.820. The lowest BCUT2D eigenvalue weighted by atomic mass is 10.2. The first-order chi connectivity index (χ1) is 9.38. The Morgan fingerprint density at radius 1 is 1.26 bits per heavy atom. The smallest absolute Gasteiger partial charge is 0.0821 e. The van der Waals surface area contributed by atoms with Crippen molar-refractivity contribution < 1.29 is 9.84 Å². The van der Waals surface area contributed by atoms with E-state index >= 15 is 0 Å². The van der Waals surface area contributed by atoms with Crippen molar-refractivity contribution in [3.05, 3.63) is 21.9 Å². The second-order valence-electron chi connectivity index (χ2n) is 4.50. The molecule has 1 N–H and O–H groups in total. The molecule has 0 amide bonds. The van der Waals surface area contributed by atoms with Crippen molar-refractivity contribution in [3.8, 4) is 11.8 Å². The van der Waals surface area contributed by atoms with Gasteiger partial charge in [-0.1, -0.05) is 44.4 Å². The van der Waals surface area contributed by atoms with Crippen molar-refractivity contribution in [2.45, 2.75) is 52.1 Å². The molecule has 1 aromatic rings. The minimum atomic E-state index is 0.126. The molecule has 0 unspecified atom stereocenters. The number of thiophene rings is 1. The van der Waals surface area contributed by atoms with Crippen molar-refractivity contribution in [2.24, 2.45) is 0 Å². The lowest BCUT2D eigenvalue weighted by Crippen LogP contribution is -1.95. The summed E-state index contributed by atoms with van der Waals surface area (Å²) in [6.07, 6.45) is 6.88. The molecule has 1 rings (SSSR count). The molecule has 0 radical (unpaired) electrons. The Kier molecular flexibility index (Phi) is 9.44. The molecule has 0 saturated heterocycles. The number of hydrogen-bond donors (Lipinski definition) is 1. The monoisotopic (exact) mass is 280 g/mol. The van der Waals surface area contributed by atoms with E-state index in [1.165, 1.54) is 30.6 Å². The average molecular weight is 280 g/mol. The molecule has 0 aliphatic heterocycles. The topological polar surface area (TPSA) is 29.5 Å². The van der Waals surface area contributed by atoms with Gasteiger partial charge in [0, 0.05) is 23.5 Å². The molecule has 0 saturated carbocycles. The van der Waals surface area contributed by atoms with Crippen LogP contribution < -0.4 is 0 Å². The van der Waals surface area contributed by atoms with Gasteiger partial charge in [-0.05, 0) is 17.9 Å². The largest absolute Gasteiger partial charge is 0.395 e. The first-order valence-electron chi connectivity index (χ1n) is 7.12. The van der Waals surface area contributed by atoms with Crippen LogP contribution in [0.25, 0.3) is 0 Å². The lowest BCUT2D eigenvalue weighted by Gasteiger charge is -2.03. The van der Waals surface area contributed by atoms with Crippen LogP contribution in [0.4, 0.5) is 0 Å². The molecule has 19 heavy (non-hydrogen) atoms. The maximum absolute atomic E-state index is 8.70. The fourth-order valence-corrected chi connectivity index (χ4v) is 2.52. The number of ether oxygens (including phenoxy) is 1. The maximum atomic E-state index is 8.70. The van der Waals surface area contributed by atoms with Crippen LogP contribution in [0.5, 0.6) is 0 Å². The highest BCUT2D eigenvalue weighted by molar-refractivity contribution is 7.10. The zero-order valence-corrected chi connectivity index (χ0v) is 12.6. The number of hydrogen-bond acceptors (Lipinski definition) is 3. The van der Waals surface area contributed by atoms with Gasteiger partial charge >= 0.3 is 0 Å². The van der Waals surface area contributed by atoms with E-state index in [0.717, 1.165) is 18.6 Å². The van der Waals surface area contributed by atoms with Gasteiger partial charge in [-0.2, -0.15) is 0 Å². The minimum absolute atomic E-state index is 0.126. The van der Waals surface area contributed by atoms with E-state index in [0.29, 0.717) is 13.0 Å². The van der Waals surface area contributed by atoms with Crippen molar-refractivity contribution in [1.82, 2.24) is 0 Å². The molecule has 0 bridgehead atoms. The number of aliphatic hydroxyl groups is 1. The first kappa shape index (κ1) is 16.2. The van der Waals surface area contributed by atoms with Crippen LogP contribution >= 0.6 is 11.3 Å². The SMILES string of the molecule is CCCCCCCOCc1sccc1C#CCCO. The minimum Gasteiger partial charge on any atom is -0.395 e. The molecular formula is C16H24O2S. The zero-order valence-electron chi connectivity index (χ0n) is 11.8. The Morgan fingerprint density at radius 3 is 2.89 bits per heavy atom. The van der Waals surface area contributed by atoms with Gasteiger partial charge in [0.25, 0.3) is 0 Å². The van der Waals surface area contributed by atoms with E-state index in [-0.39, 0.29) is 6.61 Å². The highest BCUT2D eigenvalue weighted by Gasteiger charge is 2.01. The summed E-state index contributed by atoms with van der Waals surface area (Å²) in [6, 6.07) is 2.02. The summed E-state index contributed by atoms with van der Waals surface area (Å²) in [5.41, 5.74) is 1.05. The molecular weight excluding hydrogens is 256 g/mol. The van der Waals surface area contributed by atoms with E-state index in [2.05, 4.69) is 18.8 Å². The highest BCUT2D eigenvalue weighted by Crippen LogP contribution is 2.17. The summed E-state index contributed by atoms with van der Waals surface area (Å²) < 4.78 is 5.70. The van der Waals surface area contributed by atoms with Crippen molar-refractivity contribution in [1.29, 1.82) is 0 Å². The molecule has 0 aliphatic rings. The van der Waals surface area contributed by atoms with E-state index in [1.54, 1.807) is 11.3 Å². The van der Waals surface area contributed by atoms with Gasteiger partial charge in [0.1, 0.15) is 0 Å². The van der Waals surface area contributed by atoms with Gasteiger partial charge in [-0.3, -0.25) is 0 Å². The summed E-state index contributed by atoms with van der Waals surface area (Å²) in [7, 11) is 0. The summed E-state index contributed by atoms with van der Waals surface area (Å²) in [5, 5.41) is 10.7. The zero-order chi connectivity index (χ0) is 13.8. The number of aliphatic hydroxyl groups excluding tert-OH is 1. The van der Waals surface area contributed by atoms with Crippen LogP contribution in [-0.4, -0.2) is 18.3 Å². The van der Waals surface area contributed by atoms with Crippen molar-refractivity contribution in [3.63, 3.8) is 0 Å². The molecule has 0 atom stereocenters. The van der Waals surface area contributed by atoms with Gasteiger partial charge in [0.05, 0.1) is 13.2 Å². The number of unbranched alkanes of at least 4 members (excludes halogenated alkanes) is 4. The molecule has 0 aliphatic carbocycles. The van der Waals surface area contributed by atoms with Crippen LogP contribution in [0.1, 0.15) is 55.9 Å². The highest BCUT2D eigenvalue weighted by atomic mass is 32.1. The number of rotatable bonds is 9. The Balaban J connectivity index is 2.19. The van der Waals surface area contributed by atoms with Gasteiger partial charge in [-0.15, -0.1) is 11.3 Å². The standard InChI is InChI=1S/C16H24O2S/c1-2-3-4-5-8-12-18-14-16-15(10-13-19-16)9-6-7-11-17/h10,13,17H,2-5,7-8,11-12,14H2,1H3. The van der Waals surface area contributed by atoms with Crippen LogP contribution in [0.3, 0.4) is 0 Å². The Labute approximate surface area is 120 Å². The third kappa shape index (κ3) is 7.37. The normalized spacial score (nSPS) is 10.2. The van der Waals surface area contributed by atoms with Gasteiger partial charge < -0.3 is 9.84 Å². The molecule has 3 heteroatoms. The van der Waals surface area contributed by atoms with Crippen LogP contribution in [0.15, 0.2) is 11.4 Å². The molecule has 0 fully saturated rings. The van der Waals surface area contributed by atoms with E-state index in [4.69, 9.17) is 9.84 Å². The lowest BCUT2D eigenvalue weighted by molar-refractivity contribution is 0.118. The summed E-state index contributed by atoms with van der Waals surface area (Å²) in [4.78, 5) is 1.19. The summed E-state index contributed by atoms with van der Waals surface area (Å²) in [6.45, 7) is 3.85. The second-order valence-corrected chi connectivity index (χ2v) is 5.50. The van der Waals surface area contributed by atoms with E-state index in [1.807, 2.05) is 11.4 Å². The molecule has 2 nitrogen and oxygen atoms in total. The van der Waals surface area contributed by atoms with Crippen LogP contribution in [0.2, 0.25) is 0 Å². The molecule has 0 aromatic carbocycles. The van der Waals surface area contributed by atoms with Gasteiger partial charge in [0.15, 0.2) is 0 Å². The average Bonchev–Trinajstić information content (AvgIpc) is 2.86. The van der Waals surface area contributed by atoms with E-state index < -0.39 is 0 Å². The predicted molar refractivity (Wildman–Crippen MR) is 81.3 cm³/mol. The van der Waals surface area contributed by atoms with Gasteiger partial charge in [0.2, 0.25) is 0 Å². The Morgan fingerprint density at radius 2 is 2.11 bits per heavy atom. The molecule has 1 aromatic heterocycles. The van der Waals surface area contributed by atoms with Crippen LogP contribution in [-0.2, 0) is 11.3 Å². The molecule has 106 valence electrons. The second kappa shape index (κ2) is 11.0. The first-order valence-corrected chi connectivity index (χ1v) is 8.00. The third-order valence-electron chi connectivity index (χ3n) is 2.83. The quantitative estimate of drug-likeness (QED) is 0.548. The van der Waals surface area contributed by atoms with Crippen LogP contribution in [0, 0.1) is 11.8 Å². The van der Waals surface area contributed by atoms with Gasteiger partial charge in [-0.25, -0.2) is 0 Å². The summed E-state index contributed by atoms with van der Waals surface area (Å²) >= 11 is 1.69. The predicted octanol–water partition coefficient (Wildman–Crippen LogP) is 3.97. The fourth-order valence-electron chi connectivity index (χ4n) is 1.75. The Bertz CT molecular complexity index is 387. The molecule has 0 spiro atoms. The molecule has 1 heterocycles. The van der Waals surface area contributed by atoms with E-state index in [9.17, 15) is 0 Å². The third-order valence-corrected chi connectivity index (χ3v) is 3.73. The maximum Gasteiger partial charge on any atom is 0.0821 e. The summed E-state index contributed by atoms with van der Waals surface area (Å²) in [5.74, 6) is 6.04. The van der Waals surface area contributed by atoms with Crippen molar-refractivity contribution >= 4 is 11.3 Å². The fraction of sp³-hybridized carbons (Fsp3) is 0.625. The van der Waals surface area contributed by atoms with Crippen molar-refractivity contribution in [2.75, 3.05) is 13.2 Å².